The molecule has 1 N–H and O–H groups in total. The fourth-order valence-corrected chi connectivity index (χ4v) is 2.43. The lowest BCUT2D eigenvalue weighted by Gasteiger charge is -2.28. The zero-order chi connectivity index (χ0) is 12.0. The van der Waals surface area contributed by atoms with Crippen LogP contribution in [0.5, 0.6) is 0 Å². The molecule has 0 aromatic rings. The van der Waals surface area contributed by atoms with Gasteiger partial charge in [0.1, 0.15) is 0 Å². The van der Waals surface area contributed by atoms with Crippen molar-refractivity contribution in [3.63, 3.8) is 0 Å². The van der Waals surface area contributed by atoms with Crippen molar-refractivity contribution >= 4 is 0 Å². The highest BCUT2D eigenvalue weighted by Crippen LogP contribution is 2.38. The first-order valence-electron chi connectivity index (χ1n) is 7.09. The maximum atomic E-state index is 3.56. The van der Waals surface area contributed by atoms with Gasteiger partial charge < -0.3 is 10.2 Å². The Kier molecular flexibility index (Phi) is 6.37. The lowest BCUT2D eigenvalue weighted by molar-refractivity contribution is 0.212. The third-order valence-corrected chi connectivity index (χ3v) is 3.85. The molecular formula is C14H30N2. The topological polar surface area (TPSA) is 15.3 Å². The summed E-state index contributed by atoms with van der Waals surface area (Å²) in [6, 6.07) is 0.740. The molecule has 3 atom stereocenters. The molecule has 2 heteroatoms. The Morgan fingerprint density at radius 2 is 2.00 bits per heavy atom. The molecule has 16 heavy (non-hydrogen) atoms. The molecule has 1 rings (SSSR count). The highest BCUT2D eigenvalue weighted by Gasteiger charge is 2.34. The van der Waals surface area contributed by atoms with Crippen LogP contribution in [0.25, 0.3) is 0 Å². The number of hydrogen-bond acceptors (Lipinski definition) is 2. The van der Waals surface area contributed by atoms with Gasteiger partial charge in [-0.3, -0.25) is 0 Å². The summed E-state index contributed by atoms with van der Waals surface area (Å²) in [5.41, 5.74) is 0. The van der Waals surface area contributed by atoms with E-state index in [4.69, 9.17) is 0 Å². The second-order valence-electron chi connectivity index (χ2n) is 5.56. The van der Waals surface area contributed by atoms with Crippen molar-refractivity contribution in [2.45, 2.75) is 52.5 Å². The average Bonchev–Trinajstić information content (AvgIpc) is 2.93. The van der Waals surface area contributed by atoms with Crippen LogP contribution in [-0.4, -0.2) is 37.6 Å². The molecule has 0 amide bonds. The number of rotatable bonds is 9. The highest BCUT2D eigenvalue weighted by atomic mass is 15.2. The first kappa shape index (κ1) is 14.0. The van der Waals surface area contributed by atoms with E-state index < -0.39 is 0 Å². The average molecular weight is 226 g/mol. The van der Waals surface area contributed by atoms with E-state index in [9.17, 15) is 0 Å². The summed E-state index contributed by atoms with van der Waals surface area (Å²) in [5.74, 6) is 1.96. The molecule has 1 fully saturated rings. The molecule has 3 unspecified atom stereocenters. The van der Waals surface area contributed by atoms with Gasteiger partial charge in [-0.05, 0) is 44.7 Å². The molecule has 1 saturated carbocycles. The van der Waals surface area contributed by atoms with Gasteiger partial charge >= 0.3 is 0 Å². The molecule has 0 aromatic carbocycles. The normalized spacial score (nSPS) is 26.1. The van der Waals surface area contributed by atoms with Gasteiger partial charge in [-0.1, -0.05) is 27.2 Å². The molecule has 0 radical (unpaired) electrons. The summed E-state index contributed by atoms with van der Waals surface area (Å²) < 4.78 is 0. The molecule has 0 spiro atoms. The van der Waals surface area contributed by atoms with Gasteiger partial charge in [0.2, 0.25) is 0 Å². The molecular weight excluding hydrogens is 196 g/mol. The van der Waals surface area contributed by atoms with Crippen LogP contribution in [0.3, 0.4) is 0 Å². The van der Waals surface area contributed by atoms with Crippen LogP contribution >= 0.6 is 0 Å². The van der Waals surface area contributed by atoms with Crippen LogP contribution in [0.1, 0.15) is 46.5 Å². The van der Waals surface area contributed by atoms with E-state index in [-0.39, 0.29) is 0 Å². The first-order chi connectivity index (χ1) is 7.69. The number of hydrogen-bond donors (Lipinski definition) is 1. The van der Waals surface area contributed by atoms with E-state index >= 15 is 0 Å². The minimum absolute atomic E-state index is 0.740. The summed E-state index contributed by atoms with van der Waals surface area (Å²) in [6.07, 6.45) is 5.31. The van der Waals surface area contributed by atoms with E-state index in [1.54, 1.807) is 0 Å². The Labute approximate surface area is 102 Å². The molecule has 0 heterocycles. The quantitative estimate of drug-likeness (QED) is 0.608. The van der Waals surface area contributed by atoms with Crippen LogP contribution in [0.15, 0.2) is 0 Å². The van der Waals surface area contributed by atoms with Gasteiger partial charge in [-0.2, -0.15) is 0 Å². The second-order valence-corrected chi connectivity index (χ2v) is 5.56. The van der Waals surface area contributed by atoms with E-state index in [2.05, 4.69) is 38.0 Å². The molecule has 0 bridgehead atoms. The van der Waals surface area contributed by atoms with E-state index in [0.717, 1.165) is 24.4 Å². The Morgan fingerprint density at radius 1 is 1.31 bits per heavy atom. The summed E-state index contributed by atoms with van der Waals surface area (Å²) >= 11 is 0. The molecule has 0 saturated heterocycles. The Morgan fingerprint density at radius 3 is 2.50 bits per heavy atom. The first-order valence-corrected chi connectivity index (χ1v) is 7.09. The van der Waals surface area contributed by atoms with E-state index in [1.807, 2.05) is 0 Å². The zero-order valence-electron chi connectivity index (χ0n) is 11.6. The smallest absolute Gasteiger partial charge is 0.0217 e. The zero-order valence-corrected chi connectivity index (χ0v) is 11.6. The fourth-order valence-electron chi connectivity index (χ4n) is 2.43. The Balaban J connectivity index is 2.23. The predicted octanol–water partition coefficient (Wildman–Crippen LogP) is 2.74. The number of likely N-dealkylation sites (N-methyl/N-ethyl adjacent to an activating group) is 1. The van der Waals surface area contributed by atoms with Gasteiger partial charge in [0, 0.05) is 19.1 Å². The van der Waals surface area contributed by atoms with Gasteiger partial charge in [-0.15, -0.1) is 0 Å². The third-order valence-electron chi connectivity index (χ3n) is 3.85. The highest BCUT2D eigenvalue weighted by molar-refractivity contribution is 4.86. The predicted molar refractivity (Wildman–Crippen MR) is 71.8 cm³/mol. The second kappa shape index (κ2) is 7.29. The standard InChI is InChI=1S/C14H30N2/c1-5-7-14(10-15-8-6-2)16(4)11-13-9-12(13)3/h12-15H,5-11H2,1-4H3. The van der Waals surface area contributed by atoms with Crippen LogP contribution < -0.4 is 5.32 Å². The summed E-state index contributed by atoms with van der Waals surface area (Å²) in [4.78, 5) is 2.58. The number of nitrogens with one attached hydrogen (secondary N) is 1. The van der Waals surface area contributed by atoms with Crippen LogP contribution in [0, 0.1) is 11.8 Å². The Bertz CT molecular complexity index is 182. The van der Waals surface area contributed by atoms with Gasteiger partial charge in [0.25, 0.3) is 0 Å². The fraction of sp³-hybridized carbons (Fsp3) is 1.00. The van der Waals surface area contributed by atoms with Crippen molar-refractivity contribution in [1.82, 2.24) is 10.2 Å². The molecule has 1 aliphatic rings. The maximum absolute atomic E-state index is 3.56. The minimum atomic E-state index is 0.740. The van der Waals surface area contributed by atoms with Crippen molar-refractivity contribution in [2.24, 2.45) is 11.8 Å². The van der Waals surface area contributed by atoms with Gasteiger partial charge in [0.15, 0.2) is 0 Å². The van der Waals surface area contributed by atoms with Gasteiger partial charge in [-0.25, -0.2) is 0 Å². The van der Waals surface area contributed by atoms with Crippen molar-refractivity contribution in [3.8, 4) is 0 Å². The van der Waals surface area contributed by atoms with E-state index in [0.29, 0.717) is 0 Å². The summed E-state index contributed by atoms with van der Waals surface area (Å²) in [6.45, 7) is 10.5. The maximum Gasteiger partial charge on any atom is 0.0217 e. The van der Waals surface area contributed by atoms with Crippen molar-refractivity contribution in [1.29, 1.82) is 0 Å². The van der Waals surface area contributed by atoms with Crippen molar-refractivity contribution in [3.05, 3.63) is 0 Å². The lowest BCUT2D eigenvalue weighted by atomic mass is 10.1. The third kappa shape index (κ3) is 4.84. The molecule has 1 aliphatic carbocycles. The largest absolute Gasteiger partial charge is 0.315 e. The molecule has 96 valence electrons. The molecule has 2 nitrogen and oxygen atoms in total. The monoisotopic (exact) mass is 226 g/mol. The SMILES string of the molecule is CCCNCC(CCC)N(C)CC1CC1C. The summed E-state index contributed by atoms with van der Waals surface area (Å²) in [5, 5.41) is 3.56. The molecule has 0 aliphatic heterocycles. The van der Waals surface area contributed by atoms with Crippen molar-refractivity contribution < 1.29 is 0 Å². The van der Waals surface area contributed by atoms with Crippen LogP contribution in [0.4, 0.5) is 0 Å². The van der Waals surface area contributed by atoms with E-state index in [1.165, 1.54) is 38.8 Å². The van der Waals surface area contributed by atoms with Crippen LogP contribution in [0.2, 0.25) is 0 Å². The summed E-state index contributed by atoms with van der Waals surface area (Å²) in [7, 11) is 2.30. The van der Waals surface area contributed by atoms with Crippen molar-refractivity contribution in [2.75, 3.05) is 26.7 Å². The molecule has 0 aromatic heterocycles. The Hall–Kier alpha value is -0.0800. The lowest BCUT2D eigenvalue weighted by Crippen LogP contribution is -2.41. The number of nitrogens with zero attached hydrogens (tertiary/aromatic N) is 1. The minimum Gasteiger partial charge on any atom is -0.315 e. The van der Waals surface area contributed by atoms with Gasteiger partial charge in [0.05, 0.1) is 0 Å². The van der Waals surface area contributed by atoms with Crippen LogP contribution in [-0.2, 0) is 0 Å².